The minimum absolute atomic E-state index is 0.132. The number of benzene rings is 1. The largest absolute Gasteiger partial charge is 0.501 e. The van der Waals surface area contributed by atoms with Gasteiger partial charge in [0.15, 0.2) is 0 Å². The number of rotatable bonds is 7. The molecule has 1 aromatic rings. The van der Waals surface area contributed by atoms with Gasteiger partial charge in [-0.3, -0.25) is 20.3 Å². The summed E-state index contributed by atoms with van der Waals surface area (Å²) in [6.07, 6.45) is 2.18. The minimum atomic E-state index is -0.771. The van der Waals surface area contributed by atoms with Crippen LogP contribution in [-0.4, -0.2) is 23.4 Å². The Bertz CT molecular complexity index is 540. The summed E-state index contributed by atoms with van der Waals surface area (Å²) in [4.78, 5) is 37.0. The van der Waals surface area contributed by atoms with Gasteiger partial charge in [-0.25, -0.2) is 4.79 Å². The lowest BCUT2D eigenvalue weighted by Gasteiger charge is -2.05. The molecule has 1 rings (SSSR count). The molecule has 9 heteroatoms. The SMILES string of the molecule is CCOC=CC(=O)ONNC(=O)c1ccc([N+](=O)[O-])cc1. The number of non-ortho nitro benzene ring substituents is 1. The van der Waals surface area contributed by atoms with Crippen LogP contribution in [0.15, 0.2) is 36.6 Å². The Morgan fingerprint density at radius 2 is 2.00 bits per heavy atom. The number of nitrogens with zero attached hydrogens (tertiary/aromatic N) is 1. The van der Waals surface area contributed by atoms with Gasteiger partial charge in [-0.1, -0.05) is 5.59 Å². The summed E-state index contributed by atoms with van der Waals surface area (Å²) in [5, 5.41) is 10.5. The fraction of sp³-hybridized carbons (Fsp3) is 0.167. The highest BCUT2D eigenvalue weighted by molar-refractivity contribution is 5.94. The van der Waals surface area contributed by atoms with Gasteiger partial charge in [0.2, 0.25) is 0 Å². The lowest BCUT2D eigenvalue weighted by molar-refractivity contribution is -0.384. The van der Waals surface area contributed by atoms with Gasteiger partial charge in [0.05, 0.1) is 23.9 Å². The maximum atomic E-state index is 11.6. The third-order valence-corrected chi connectivity index (χ3v) is 2.12. The Kier molecular flexibility index (Phi) is 6.35. The number of hydrogen-bond donors (Lipinski definition) is 2. The highest BCUT2D eigenvalue weighted by Gasteiger charge is 2.09. The fourth-order valence-corrected chi connectivity index (χ4v) is 1.16. The molecule has 0 spiro atoms. The Hall–Kier alpha value is -2.94. The zero-order valence-electron chi connectivity index (χ0n) is 11.1. The van der Waals surface area contributed by atoms with Crippen LogP contribution in [0.1, 0.15) is 17.3 Å². The van der Waals surface area contributed by atoms with Crippen LogP contribution in [0, 0.1) is 10.1 Å². The maximum Gasteiger partial charge on any atom is 0.354 e. The molecule has 2 N–H and O–H groups in total. The minimum Gasteiger partial charge on any atom is -0.501 e. The van der Waals surface area contributed by atoms with E-state index in [1.165, 1.54) is 24.3 Å². The van der Waals surface area contributed by atoms with Crippen molar-refractivity contribution in [1.82, 2.24) is 11.0 Å². The number of nitrogens with one attached hydrogen (secondary N) is 2. The molecule has 0 bridgehead atoms. The second kappa shape index (κ2) is 8.27. The molecule has 1 amide bonds. The molecule has 112 valence electrons. The van der Waals surface area contributed by atoms with Crippen molar-refractivity contribution in [2.24, 2.45) is 0 Å². The first-order chi connectivity index (χ1) is 10.0. The first-order valence-electron chi connectivity index (χ1n) is 5.83. The van der Waals surface area contributed by atoms with E-state index in [-0.39, 0.29) is 11.3 Å². The van der Waals surface area contributed by atoms with Crippen LogP contribution >= 0.6 is 0 Å². The molecule has 0 atom stereocenters. The maximum absolute atomic E-state index is 11.6. The van der Waals surface area contributed by atoms with Crippen LogP contribution in [0.25, 0.3) is 0 Å². The summed E-state index contributed by atoms with van der Waals surface area (Å²) < 4.78 is 4.78. The van der Waals surface area contributed by atoms with Crippen LogP contribution in [0.2, 0.25) is 0 Å². The van der Waals surface area contributed by atoms with Gasteiger partial charge in [0.1, 0.15) is 0 Å². The fourth-order valence-electron chi connectivity index (χ4n) is 1.16. The Balaban J connectivity index is 2.40. The summed E-state index contributed by atoms with van der Waals surface area (Å²) in [6, 6.07) is 4.91. The Morgan fingerprint density at radius 3 is 2.57 bits per heavy atom. The number of carbonyl (C=O) groups excluding carboxylic acids is 2. The van der Waals surface area contributed by atoms with Crippen LogP contribution < -0.4 is 11.0 Å². The third-order valence-electron chi connectivity index (χ3n) is 2.12. The van der Waals surface area contributed by atoms with Crippen LogP contribution in [0.3, 0.4) is 0 Å². The van der Waals surface area contributed by atoms with Gasteiger partial charge in [0.25, 0.3) is 11.6 Å². The van der Waals surface area contributed by atoms with E-state index in [2.05, 4.69) is 10.3 Å². The van der Waals surface area contributed by atoms with Crippen molar-refractivity contribution in [2.75, 3.05) is 6.61 Å². The highest BCUT2D eigenvalue weighted by atomic mass is 16.7. The van der Waals surface area contributed by atoms with Gasteiger partial charge in [-0.2, -0.15) is 0 Å². The molecule has 0 aliphatic carbocycles. The molecular weight excluding hydrogens is 282 g/mol. The van der Waals surface area contributed by atoms with Gasteiger partial charge >= 0.3 is 5.97 Å². The molecule has 0 aromatic heterocycles. The molecule has 0 aliphatic heterocycles. The van der Waals surface area contributed by atoms with Crippen molar-refractivity contribution in [3.8, 4) is 0 Å². The Labute approximate surface area is 119 Å². The number of ether oxygens (including phenoxy) is 1. The molecule has 0 saturated carbocycles. The molecule has 0 heterocycles. The summed E-state index contributed by atoms with van der Waals surface area (Å²) in [5.74, 6) is -1.39. The molecule has 21 heavy (non-hydrogen) atoms. The molecule has 0 saturated heterocycles. The molecular formula is C12H13N3O6. The summed E-state index contributed by atoms with van der Waals surface area (Å²) in [5.41, 5.74) is 4.08. The number of hydrazine groups is 1. The van der Waals surface area contributed by atoms with Crippen molar-refractivity contribution < 1.29 is 24.1 Å². The highest BCUT2D eigenvalue weighted by Crippen LogP contribution is 2.11. The second-order valence-corrected chi connectivity index (χ2v) is 3.54. The molecule has 0 fully saturated rings. The summed E-state index contributed by atoms with van der Waals surface area (Å²) >= 11 is 0. The number of carbonyl (C=O) groups is 2. The average molecular weight is 295 g/mol. The lowest BCUT2D eigenvalue weighted by Crippen LogP contribution is -2.38. The average Bonchev–Trinajstić information content (AvgIpc) is 2.47. The quantitative estimate of drug-likeness (QED) is 0.331. The summed E-state index contributed by atoms with van der Waals surface area (Å²) in [7, 11) is 0. The predicted octanol–water partition coefficient (Wildman–Crippen LogP) is 0.838. The Morgan fingerprint density at radius 1 is 1.33 bits per heavy atom. The van der Waals surface area contributed by atoms with Crippen LogP contribution in [0.4, 0.5) is 5.69 Å². The van der Waals surface area contributed by atoms with E-state index >= 15 is 0 Å². The molecule has 9 nitrogen and oxygen atoms in total. The van der Waals surface area contributed by atoms with Crippen LogP contribution in [-0.2, 0) is 14.4 Å². The van der Waals surface area contributed by atoms with Crippen molar-refractivity contribution in [3.05, 3.63) is 52.3 Å². The van der Waals surface area contributed by atoms with E-state index in [1.807, 2.05) is 5.59 Å². The summed E-state index contributed by atoms with van der Waals surface area (Å²) in [6.45, 7) is 2.16. The molecule has 0 radical (unpaired) electrons. The van der Waals surface area contributed by atoms with Gasteiger partial charge in [0, 0.05) is 17.7 Å². The van der Waals surface area contributed by atoms with E-state index < -0.39 is 16.8 Å². The van der Waals surface area contributed by atoms with E-state index in [1.54, 1.807) is 6.92 Å². The first kappa shape index (κ1) is 16.1. The zero-order valence-corrected chi connectivity index (χ0v) is 11.1. The second-order valence-electron chi connectivity index (χ2n) is 3.54. The number of hydrogen-bond acceptors (Lipinski definition) is 7. The lowest BCUT2D eigenvalue weighted by atomic mass is 10.2. The monoisotopic (exact) mass is 295 g/mol. The van der Waals surface area contributed by atoms with Crippen LogP contribution in [0.5, 0.6) is 0 Å². The number of amides is 1. The number of nitro groups is 1. The number of nitro benzene ring substituents is 1. The van der Waals surface area contributed by atoms with E-state index in [9.17, 15) is 19.7 Å². The van der Waals surface area contributed by atoms with Crippen molar-refractivity contribution in [3.63, 3.8) is 0 Å². The predicted molar refractivity (Wildman–Crippen MR) is 70.6 cm³/mol. The standard InChI is InChI=1S/C12H13N3O6/c1-2-20-8-7-11(16)21-14-13-12(17)9-3-5-10(6-4-9)15(18)19/h3-8,14H,2H2,1H3,(H,13,17). The molecule has 0 aliphatic rings. The van der Waals surface area contributed by atoms with Crippen molar-refractivity contribution in [1.29, 1.82) is 0 Å². The van der Waals surface area contributed by atoms with Gasteiger partial charge in [-0.05, 0) is 19.1 Å². The topological polar surface area (TPSA) is 120 Å². The van der Waals surface area contributed by atoms with Crippen molar-refractivity contribution in [2.45, 2.75) is 6.92 Å². The van der Waals surface area contributed by atoms with Gasteiger partial charge < -0.3 is 9.57 Å². The van der Waals surface area contributed by atoms with E-state index in [0.717, 1.165) is 12.3 Å². The van der Waals surface area contributed by atoms with Crippen molar-refractivity contribution >= 4 is 17.6 Å². The smallest absolute Gasteiger partial charge is 0.354 e. The normalized spacial score (nSPS) is 10.1. The van der Waals surface area contributed by atoms with E-state index in [4.69, 9.17) is 4.74 Å². The van der Waals surface area contributed by atoms with E-state index in [0.29, 0.717) is 6.61 Å². The zero-order chi connectivity index (χ0) is 15.7. The first-order valence-corrected chi connectivity index (χ1v) is 5.83. The third kappa shape index (κ3) is 5.70. The van der Waals surface area contributed by atoms with Gasteiger partial charge in [-0.15, -0.1) is 0 Å². The molecule has 0 unspecified atom stereocenters. The molecule has 1 aromatic carbocycles.